The fraction of sp³-hybridized carbons (Fsp3) is 0.233. The van der Waals surface area contributed by atoms with Crippen LogP contribution in [0.4, 0.5) is 21.6 Å². The second kappa shape index (κ2) is 11.4. The van der Waals surface area contributed by atoms with Crippen LogP contribution < -0.4 is 20.1 Å². The zero-order valence-electron chi connectivity index (χ0n) is 23.3. The van der Waals surface area contributed by atoms with Gasteiger partial charge in [0.15, 0.2) is 11.5 Å². The van der Waals surface area contributed by atoms with Crippen molar-refractivity contribution < 1.29 is 18.7 Å². The first-order valence-electron chi connectivity index (χ1n) is 13.4. The summed E-state index contributed by atoms with van der Waals surface area (Å²) in [6.45, 7) is 2.81. The number of likely N-dealkylation sites (tertiary alicyclic amines) is 1. The van der Waals surface area contributed by atoms with Crippen LogP contribution in [0.5, 0.6) is 17.2 Å². The molecule has 0 spiro atoms. The van der Waals surface area contributed by atoms with E-state index in [0.29, 0.717) is 51.0 Å². The van der Waals surface area contributed by atoms with Gasteiger partial charge in [-0.2, -0.15) is 5.10 Å². The van der Waals surface area contributed by atoms with Crippen LogP contribution in [-0.2, 0) is 4.79 Å². The summed E-state index contributed by atoms with van der Waals surface area (Å²) in [6, 6.07) is 12.3. The summed E-state index contributed by atoms with van der Waals surface area (Å²) in [5, 5.41) is 10.7. The number of hydrogen-bond donors (Lipinski definition) is 2. The average Bonchev–Trinajstić information content (AvgIpc) is 3.62. The van der Waals surface area contributed by atoms with Crippen molar-refractivity contribution in [1.82, 2.24) is 29.5 Å². The molecule has 0 radical (unpaired) electrons. The number of fused-ring (bicyclic) bond motifs is 2. The second-order valence-electron chi connectivity index (χ2n) is 10.1. The minimum absolute atomic E-state index is 0.0794. The number of nitrogens with zero attached hydrogens (tertiary/aromatic N) is 6. The maximum Gasteiger partial charge on any atom is 0.284 e. The van der Waals surface area contributed by atoms with Gasteiger partial charge in [-0.15, -0.1) is 0 Å². The minimum atomic E-state index is -0.805. The van der Waals surface area contributed by atoms with Gasteiger partial charge in [-0.3, -0.25) is 9.69 Å². The van der Waals surface area contributed by atoms with Crippen LogP contribution in [0.25, 0.3) is 16.6 Å². The number of amides is 1. The largest absolute Gasteiger partial charge is 0.494 e. The van der Waals surface area contributed by atoms with Crippen molar-refractivity contribution >= 4 is 39.6 Å². The van der Waals surface area contributed by atoms with Gasteiger partial charge in [0.2, 0.25) is 0 Å². The number of pyridine rings is 1. The average molecular weight is 569 g/mol. The van der Waals surface area contributed by atoms with Gasteiger partial charge in [-0.05, 0) is 75.3 Å². The molecule has 2 N–H and O–H groups in total. The number of rotatable bonds is 8. The summed E-state index contributed by atoms with van der Waals surface area (Å²) in [5.74, 6) is 0.636. The van der Waals surface area contributed by atoms with Gasteiger partial charge in [-0.1, -0.05) is 0 Å². The first kappa shape index (κ1) is 27.1. The van der Waals surface area contributed by atoms with Crippen LogP contribution in [0.1, 0.15) is 18.4 Å². The van der Waals surface area contributed by atoms with Gasteiger partial charge >= 0.3 is 0 Å². The standard InChI is InChI=1S/C30H29FN8O3/c1-18-11-25(27(41-3)15-26(18)42-21-8-10-39-28(14-21)33-17-35-39)37-29-22-12-19(6-7-24(22)32-16-34-29)36-30(40)23(31)13-20-5-4-9-38(20)2/h6-8,10-17,20H,4-5,9H2,1-3H3,(H,36,40)(H,32,34,37)/b23-13-/t20-/m1/s1. The fourth-order valence-electron chi connectivity index (χ4n) is 4.98. The molecule has 0 aliphatic carbocycles. The Hall–Kier alpha value is -5.10. The van der Waals surface area contributed by atoms with Crippen LogP contribution in [-0.4, -0.2) is 62.1 Å². The molecule has 214 valence electrons. The number of nitrogens with one attached hydrogen (secondary N) is 2. The molecule has 42 heavy (non-hydrogen) atoms. The third kappa shape index (κ3) is 5.56. The highest BCUT2D eigenvalue weighted by Gasteiger charge is 2.21. The Bertz CT molecular complexity index is 1820. The van der Waals surface area contributed by atoms with Crippen molar-refractivity contribution in [3.63, 3.8) is 0 Å². The van der Waals surface area contributed by atoms with Crippen molar-refractivity contribution in [2.45, 2.75) is 25.8 Å². The summed E-state index contributed by atoms with van der Waals surface area (Å²) in [6.07, 6.45) is 7.89. The molecule has 1 atom stereocenters. The molecule has 1 amide bonds. The van der Waals surface area contributed by atoms with Crippen molar-refractivity contribution in [2.75, 3.05) is 31.3 Å². The maximum atomic E-state index is 14.7. The highest BCUT2D eigenvalue weighted by molar-refractivity contribution is 6.04. The Morgan fingerprint density at radius 1 is 1.10 bits per heavy atom. The molecule has 0 saturated carbocycles. The summed E-state index contributed by atoms with van der Waals surface area (Å²) in [5.41, 5.74) is 3.24. The predicted molar refractivity (Wildman–Crippen MR) is 157 cm³/mol. The molecular formula is C30H29FN8O3. The van der Waals surface area contributed by atoms with Crippen LogP contribution in [0.3, 0.4) is 0 Å². The van der Waals surface area contributed by atoms with Gasteiger partial charge in [0.1, 0.15) is 35.7 Å². The topological polar surface area (TPSA) is 119 Å². The lowest BCUT2D eigenvalue weighted by atomic mass is 10.1. The fourth-order valence-corrected chi connectivity index (χ4v) is 4.98. The van der Waals surface area contributed by atoms with E-state index in [1.165, 1.54) is 18.7 Å². The van der Waals surface area contributed by atoms with E-state index in [1.807, 2.05) is 24.9 Å². The molecule has 11 nitrogen and oxygen atoms in total. The summed E-state index contributed by atoms with van der Waals surface area (Å²) >= 11 is 0. The van der Waals surface area contributed by atoms with Gasteiger partial charge in [0, 0.05) is 35.4 Å². The first-order chi connectivity index (χ1) is 20.4. The Kier molecular flexibility index (Phi) is 7.36. The molecule has 5 aromatic rings. The number of benzene rings is 2. The van der Waals surface area contributed by atoms with Crippen LogP contribution in [0.15, 0.2) is 73.2 Å². The normalized spacial score (nSPS) is 15.7. The maximum absolute atomic E-state index is 14.7. The smallest absolute Gasteiger partial charge is 0.284 e. The first-order valence-corrected chi connectivity index (χ1v) is 13.4. The van der Waals surface area contributed by atoms with Gasteiger partial charge in [0.05, 0.1) is 18.3 Å². The monoisotopic (exact) mass is 568 g/mol. The number of methoxy groups -OCH3 is 1. The predicted octanol–water partition coefficient (Wildman–Crippen LogP) is 5.41. The molecule has 12 heteroatoms. The van der Waals surface area contributed by atoms with Crippen molar-refractivity contribution in [2.24, 2.45) is 0 Å². The van der Waals surface area contributed by atoms with E-state index >= 15 is 0 Å². The van der Waals surface area contributed by atoms with E-state index < -0.39 is 11.7 Å². The zero-order chi connectivity index (χ0) is 29.2. The van der Waals surface area contributed by atoms with Crippen molar-refractivity contribution in [3.8, 4) is 17.2 Å². The summed E-state index contributed by atoms with van der Waals surface area (Å²) < 4.78 is 28.1. The number of ether oxygens (including phenoxy) is 2. The molecular weight excluding hydrogens is 539 g/mol. The lowest BCUT2D eigenvalue weighted by Gasteiger charge is -2.16. The lowest BCUT2D eigenvalue weighted by molar-refractivity contribution is -0.114. The summed E-state index contributed by atoms with van der Waals surface area (Å²) in [4.78, 5) is 27.6. The van der Waals surface area contributed by atoms with E-state index in [2.05, 4.69) is 30.7 Å². The molecule has 0 bridgehead atoms. The lowest BCUT2D eigenvalue weighted by Crippen LogP contribution is -2.24. The molecule has 3 aromatic heterocycles. The number of likely N-dealkylation sites (N-methyl/N-ethyl adjacent to an activating group) is 1. The van der Waals surface area contributed by atoms with Crippen LogP contribution >= 0.6 is 0 Å². The number of halogens is 1. The third-order valence-electron chi connectivity index (χ3n) is 7.26. The van der Waals surface area contributed by atoms with E-state index in [1.54, 1.807) is 54.2 Å². The summed E-state index contributed by atoms with van der Waals surface area (Å²) in [7, 11) is 3.49. The molecule has 2 aromatic carbocycles. The molecule has 1 aliphatic heterocycles. The number of carbonyl (C=O) groups is 1. The van der Waals surface area contributed by atoms with E-state index in [-0.39, 0.29) is 6.04 Å². The van der Waals surface area contributed by atoms with Crippen molar-refractivity contribution in [1.29, 1.82) is 0 Å². The Balaban J connectivity index is 1.24. The van der Waals surface area contributed by atoms with E-state index in [9.17, 15) is 9.18 Å². The Morgan fingerprint density at radius 2 is 1.98 bits per heavy atom. The molecule has 0 unspecified atom stereocenters. The molecule has 4 heterocycles. The van der Waals surface area contributed by atoms with Crippen LogP contribution in [0, 0.1) is 6.92 Å². The Morgan fingerprint density at radius 3 is 2.79 bits per heavy atom. The highest BCUT2D eigenvalue weighted by Crippen LogP contribution is 2.37. The highest BCUT2D eigenvalue weighted by atomic mass is 19.1. The Labute approximate surface area is 241 Å². The third-order valence-corrected chi connectivity index (χ3v) is 7.26. The second-order valence-corrected chi connectivity index (χ2v) is 10.1. The SMILES string of the molecule is COc1cc(Oc2ccn3ncnc3c2)c(C)cc1Nc1ncnc2ccc(NC(=O)/C(F)=C/[C@H]3CCCN3C)cc12. The minimum Gasteiger partial charge on any atom is -0.494 e. The number of aryl methyl sites for hydroxylation is 1. The van der Waals surface area contributed by atoms with Crippen LogP contribution in [0.2, 0.25) is 0 Å². The van der Waals surface area contributed by atoms with E-state index in [4.69, 9.17) is 9.47 Å². The number of carbonyl (C=O) groups excluding carboxylic acids is 1. The zero-order valence-corrected chi connectivity index (χ0v) is 23.3. The van der Waals surface area contributed by atoms with Crippen molar-refractivity contribution in [3.05, 3.63) is 78.8 Å². The van der Waals surface area contributed by atoms with Gasteiger partial charge in [0.25, 0.3) is 5.91 Å². The molecule has 1 saturated heterocycles. The molecule has 6 rings (SSSR count). The number of hydrogen-bond acceptors (Lipinski definition) is 9. The quantitative estimate of drug-likeness (QED) is 0.237. The van der Waals surface area contributed by atoms with Gasteiger partial charge in [-0.25, -0.2) is 23.9 Å². The molecule has 1 aliphatic rings. The van der Waals surface area contributed by atoms with Gasteiger partial charge < -0.3 is 20.1 Å². The number of aromatic nitrogens is 5. The number of anilines is 3. The van der Waals surface area contributed by atoms with E-state index in [0.717, 1.165) is 24.9 Å². The molecule has 1 fully saturated rings.